The predicted octanol–water partition coefficient (Wildman–Crippen LogP) is 5.43. The molecule has 4 nitrogen and oxygen atoms in total. The molecule has 3 rings (SSSR count). The van der Waals surface area contributed by atoms with Crippen molar-refractivity contribution in [2.75, 3.05) is 10.6 Å². The summed E-state index contributed by atoms with van der Waals surface area (Å²) in [7, 11) is 0. The van der Waals surface area contributed by atoms with Gasteiger partial charge in [0.25, 0.3) is 0 Å². The van der Waals surface area contributed by atoms with Crippen molar-refractivity contribution in [1.29, 1.82) is 0 Å². The van der Waals surface area contributed by atoms with E-state index in [1.54, 1.807) is 0 Å². The zero-order valence-corrected chi connectivity index (χ0v) is 13.3. The molecule has 0 aromatic heterocycles. The Balaban J connectivity index is 1.65. The third kappa shape index (κ3) is 4.14. The number of anilines is 2. The van der Waals surface area contributed by atoms with Crippen molar-refractivity contribution in [2.24, 2.45) is 0 Å². The topological polar surface area (TPSA) is 50.4 Å². The highest BCUT2D eigenvalue weighted by Crippen LogP contribution is 2.27. The van der Waals surface area contributed by atoms with E-state index in [0.717, 1.165) is 22.7 Å². The smallest absolute Gasteiger partial charge is 0.323 e. The molecule has 0 heterocycles. The molecule has 3 aromatic rings. The normalized spacial score (nSPS) is 10.0. The van der Waals surface area contributed by atoms with Gasteiger partial charge in [0.2, 0.25) is 0 Å². The molecule has 0 unspecified atom stereocenters. The summed E-state index contributed by atoms with van der Waals surface area (Å²) >= 11 is 0. The molecule has 0 aliphatic carbocycles. The Bertz CT molecular complexity index is 818. The maximum atomic E-state index is 12.0. The summed E-state index contributed by atoms with van der Waals surface area (Å²) < 4.78 is 5.84. The number of carbonyl (C=O) groups excluding carboxylic acids is 1. The first-order valence-electron chi connectivity index (χ1n) is 7.67. The van der Waals surface area contributed by atoms with Gasteiger partial charge in [-0.2, -0.15) is 0 Å². The van der Waals surface area contributed by atoms with Crippen LogP contribution in [0.5, 0.6) is 11.5 Å². The Hall–Kier alpha value is -3.27. The number of para-hydroxylation sites is 2. The van der Waals surface area contributed by atoms with Gasteiger partial charge in [-0.1, -0.05) is 36.4 Å². The van der Waals surface area contributed by atoms with Gasteiger partial charge in [0.15, 0.2) is 0 Å². The van der Waals surface area contributed by atoms with Crippen molar-refractivity contribution in [3.8, 4) is 11.5 Å². The van der Waals surface area contributed by atoms with Gasteiger partial charge >= 0.3 is 6.03 Å². The van der Waals surface area contributed by atoms with Gasteiger partial charge in [-0.05, 0) is 55.0 Å². The number of aryl methyl sites for hydroxylation is 1. The minimum atomic E-state index is -0.280. The highest BCUT2D eigenvalue weighted by molar-refractivity contribution is 5.99. The van der Waals surface area contributed by atoms with Crippen molar-refractivity contribution in [3.05, 3.63) is 84.4 Å². The van der Waals surface area contributed by atoms with E-state index in [4.69, 9.17) is 4.74 Å². The van der Waals surface area contributed by atoms with Gasteiger partial charge in [0, 0.05) is 11.4 Å². The first-order chi connectivity index (χ1) is 11.7. The molecule has 0 radical (unpaired) electrons. The highest BCUT2D eigenvalue weighted by Gasteiger charge is 2.06. The van der Waals surface area contributed by atoms with Crippen LogP contribution in [0.1, 0.15) is 5.56 Å². The number of hydrogen-bond acceptors (Lipinski definition) is 2. The van der Waals surface area contributed by atoms with Crippen molar-refractivity contribution in [1.82, 2.24) is 0 Å². The van der Waals surface area contributed by atoms with Crippen molar-refractivity contribution in [2.45, 2.75) is 6.92 Å². The molecule has 3 aromatic carbocycles. The van der Waals surface area contributed by atoms with Crippen LogP contribution in [0.2, 0.25) is 0 Å². The van der Waals surface area contributed by atoms with E-state index in [-0.39, 0.29) is 6.03 Å². The number of rotatable bonds is 4. The summed E-state index contributed by atoms with van der Waals surface area (Å²) in [5, 5.41) is 5.60. The van der Waals surface area contributed by atoms with Crippen LogP contribution in [-0.2, 0) is 0 Å². The molecule has 0 bridgehead atoms. The van der Waals surface area contributed by atoms with E-state index in [2.05, 4.69) is 10.6 Å². The maximum Gasteiger partial charge on any atom is 0.323 e. The van der Waals surface area contributed by atoms with Gasteiger partial charge in [-0.25, -0.2) is 4.79 Å². The molecule has 0 spiro atoms. The number of benzene rings is 3. The van der Waals surface area contributed by atoms with Crippen molar-refractivity contribution in [3.63, 3.8) is 0 Å². The summed E-state index contributed by atoms with van der Waals surface area (Å²) in [6, 6.07) is 24.2. The minimum absolute atomic E-state index is 0.280. The first kappa shape index (κ1) is 15.6. The lowest BCUT2D eigenvalue weighted by molar-refractivity contribution is 0.262. The Morgan fingerprint density at radius 1 is 0.792 bits per heavy atom. The van der Waals surface area contributed by atoms with Crippen LogP contribution in [0.25, 0.3) is 0 Å². The lowest BCUT2D eigenvalue weighted by Gasteiger charge is -2.12. The molecule has 2 N–H and O–H groups in total. The number of ether oxygens (including phenoxy) is 1. The largest absolute Gasteiger partial charge is 0.457 e. The van der Waals surface area contributed by atoms with Crippen LogP contribution < -0.4 is 15.4 Å². The number of carbonyl (C=O) groups is 1. The number of urea groups is 1. The van der Waals surface area contributed by atoms with Crippen molar-refractivity contribution >= 4 is 17.4 Å². The fourth-order valence-electron chi connectivity index (χ4n) is 2.27. The lowest BCUT2D eigenvalue weighted by Crippen LogP contribution is -2.19. The molecule has 0 fully saturated rings. The summed E-state index contributed by atoms with van der Waals surface area (Å²) in [4.78, 5) is 12.0. The fraction of sp³-hybridized carbons (Fsp3) is 0.0500. The van der Waals surface area contributed by atoms with Gasteiger partial charge in [0.05, 0.1) is 0 Å². The number of nitrogens with one attached hydrogen (secondary N) is 2. The zero-order chi connectivity index (χ0) is 16.8. The van der Waals surface area contributed by atoms with E-state index in [1.807, 2.05) is 85.8 Å². The lowest BCUT2D eigenvalue weighted by atomic mass is 10.2. The van der Waals surface area contributed by atoms with Crippen LogP contribution >= 0.6 is 0 Å². The first-order valence-corrected chi connectivity index (χ1v) is 7.67. The van der Waals surface area contributed by atoms with E-state index >= 15 is 0 Å². The Morgan fingerprint density at radius 3 is 2.08 bits per heavy atom. The standard InChI is InChI=1S/C20H18N2O2/c1-15-14-17(22-20(23)21-16-8-4-2-5-9-16)12-13-19(15)24-18-10-6-3-7-11-18/h2-14H,1H3,(H2,21,22,23). The monoisotopic (exact) mass is 318 g/mol. The summed E-state index contributed by atoms with van der Waals surface area (Å²) in [6.07, 6.45) is 0. The van der Waals surface area contributed by atoms with Gasteiger partial charge in [-0.3, -0.25) is 0 Å². The van der Waals surface area contributed by atoms with Crippen LogP contribution in [0.15, 0.2) is 78.9 Å². The van der Waals surface area contributed by atoms with Crippen LogP contribution in [0.3, 0.4) is 0 Å². The molecular formula is C20H18N2O2. The molecule has 4 heteroatoms. The molecule has 0 saturated heterocycles. The van der Waals surface area contributed by atoms with Crippen molar-refractivity contribution < 1.29 is 9.53 Å². The Kier molecular flexibility index (Phi) is 4.77. The van der Waals surface area contributed by atoms with E-state index in [0.29, 0.717) is 5.69 Å². The fourth-order valence-corrected chi connectivity index (χ4v) is 2.27. The van der Waals surface area contributed by atoms with Gasteiger partial charge in [-0.15, -0.1) is 0 Å². The SMILES string of the molecule is Cc1cc(NC(=O)Nc2ccccc2)ccc1Oc1ccccc1. The second kappa shape index (κ2) is 7.33. The molecule has 24 heavy (non-hydrogen) atoms. The molecule has 0 aliphatic heterocycles. The molecule has 0 atom stereocenters. The third-order valence-corrected chi connectivity index (χ3v) is 3.44. The van der Waals surface area contributed by atoms with E-state index in [1.165, 1.54) is 0 Å². The second-order valence-corrected chi connectivity index (χ2v) is 5.34. The average Bonchev–Trinajstić information content (AvgIpc) is 2.59. The summed E-state index contributed by atoms with van der Waals surface area (Å²) in [5.41, 5.74) is 2.40. The predicted molar refractivity (Wildman–Crippen MR) is 96.8 cm³/mol. The van der Waals surface area contributed by atoms with E-state index in [9.17, 15) is 4.79 Å². The quantitative estimate of drug-likeness (QED) is 0.673. The van der Waals surface area contributed by atoms with Gasteiger partial charge < -0.3 is 15.4 Å². The molecule has 0 saturated carbocycles. The Labute approximate surface area is 141 Å². The second-order valence-electron chi connectivity index (χ2n) is 5.34. The van der Waals surface area contributed by atoms with E-state index < -0.39 is 0 Å². The van der Waals surface area contributed by atoms with Crippen LogP contribution in [-0.4, -0.2) is 6.03 Å². The maximum absolute atomic E-state index is 12.0. The number of amides is 2. The molecular weight excluding hydrogens is 300 g/mol. The summed E-state index contributed by atoms with van der Waals surface area (Å²) in [6.45, 7) is 1.94. The average molecular weight is 318 g/mol. The zero-order valence-electron chi connectivity index (χ0n) is 13.3. The third-order valence-electron chi connectivity index (χ3n) is 3.44. The molecule has 120 valence electrons. The molecule has 0 aliphatic rings. The number of hydrogen-bond donors (Lipinski definition) is 2. The van der Waals surface area contributed by atoms with Crippen LogP contribution in [0, 0.1) is 6.92 Å². The minimum Gasteiger partial charge on any atom is -0.457 e. The molecule has 2 amide bonds. The van der Waals surface area contributed by atoms with Crippen LogP contribution in [0.4, 0.5) is 16.2 Å². The van der Waals surface area contributed by atoms with Gasteiger partial charge in [0.1, 0.15) is 11.5 Å². The Morgan fingerprint density at radius 2 is 1.42 bits per heavy atom. The highest BCUT2D eigenvalue weighted by atomic mass is 16.5. The summed E-state index contributed by atoms with van der Waals surface area (Å²) in [5.74, 6) is 1.54.